The highest BCUT2D eigenvalue weighted by Gasteiger charge is 2.62. The van der Waals surface area contributed by atoms with Gasteiger partial charge in [-0.1, -0.05) is 54.6 Å². The van der Waals surface area contributed by atoms with Gasteiger partial charge in [0.05, 0.1) is 16.8 Å². The minimum absolute atomic E-state index is 0.158. The number of nitro groups is 1. The molecular weight excluding hydrogens is 514 g/mol. The molecule has 3 aromatic rings. The first-order chi connectivity index (χ1) is 19.2. The first-order valence-corrected chi connectivity index (χ1v) is 12.9. The number of hydrogen-bond donors (Lipinski definition) is 1. The second-order valence-corrected chi connectivity index (χ2v) is 10.4. The van der Waals surface area contributed by atoms with Crippen molar-refractivity contribution < 1.29 is 28.8 Å². The third kappa shape index (κ3) is 3.78. The number of likely N-dealkylation sites (tertiary alicyclic amines) is 1. The number of aryl methyl sites for hydroxylation is 1. The average molecular weight is 540 g/mol. The molecule has 1 saturated heterocycles. The van der Waals surface area contributed by atoms with E-state index in [1.807, 2.05) is 48.5 Å². The molecule has 4 aliphatic rings. The van der Waals surface area contributed by atoms with Crippen LogP contribution in [0.4, 0.5) is 11.4 Å². The number of carbonyl (C=O) groups excluding carboxylic acids is 4. The Morgan fingerprint density at radius 1 is 0.925 bits per heavy atom. The Labute approximate surface area is 229 Å². The van der Waals surface area contributed by atoms with Gasteiger partial charge in [0.2, 0.25) is 11.8 Å². The molecular formula is C30H25N3O7. The highest BCUT2D eigenvalue weighted by atomic mass is 16.6. The van der Waals surface area contributed by atoms with E-state index < -0.39 is 53.1 Å². The van der Waals surface area contributed by atoms with Crippen molar-refractivity contribution in [1.82, 2.24) is 4.90 Å². The third-order valence-corrected chi connectivity index (χ3v) is 8.25. The number of amides is 3. The van der Waals surface area contributed by atoms with Crippen LogP contribution in [0.25, 0.3) is 0 Å². The molecule has 202 valence electrons. The molecule has 10 nitrogen and oxygen atoms in total. The van der Waals surface area contributed by atoms with E-state index in [0.29, 0.717) is 5.56 Å². The van der Waals surface area contributed by atoms with E-state index in [1.54, 1.807) is 6.92 Å². The molecule has 2 bridgehead atoms. The summed E-state index contributed by atoms with van der Waals surface area (Å²) in [7, 11) is 0. The monoisotopic (exact) mass is 539 g/mol. The van der Waals surface area contributed by atoms with E-state index in [0.717, 1.165) is 27.2 Å². The van der Waals surface area contributed by atoms with Crippen LogP contribution in [0, 0.1) is 28.9 Å². The van der Waals surface area contributed by atoms with E-state index in [1.165, 1.54) is 25.1 Å². The fraction of sp³-hybridized carbons (Fsp3) is 0.267. The average Bonchev–Trinajstić information content (AvgIpc) is 3.22. The van der Waals surface area contributed by atoms with Crippen LogP contribution in [-0.4, -0.2) is 46.2 Å². The summed E-state index contributed by atoms with van der Waals surface area (Å²) >= 11 is 0. The Balaban J connectivity index is 1.18. The summed E-state index contributed by atoms with van der Waals surface area (Å²) < 4.78 is 5.16. The maximum absolute atomic E-state index is 13.8. The Hall–Kier alpha value is -4.86. The lowest BCUT2D eigenvalue weighted by atomic mass is 9.55. The van der Waals surface area contributed by atoms with Crippen LogP contribution >= 0.6 is 0 Å². The predicted octanol–water partition coefficient (Wildman–Crippen LogP) is 3.67. The number of nitrogens with one attached hydrogen (secondary N) is 1. The summed E-state index contributed by atoms with van der Waals surface area (Å²) in [6.07, 6.45) is 0. The summed E-state index contributed by atoms with van der Waals surface area (Å²) in [6.45, 7) is 2.31. The molecule has 0 unspecified atom stereocenters. The van der Waals surface area contributed by atoms with Crippen LogP contribution in [-0.2, 0) is 23.9 Å². The van der Waals surface area contributed by atoms with E-state index >= 15 is 0 Å². The van der Waals surface area contributed by atoms with Crippen LogP contribution in [0.2, 0.25) is 0 Å². The Morgan fingerprint density at radius 2 is 1.43 bits per heavy atom. The SMILES string of the molecule is Cc1ccc(NC(=O)COC(=O)[C@@H](C)N2C(=O)[C@@H]3C4c5ccccc5C(c5ccccc54)[C@@H]3C2=O)cc1[N+](=O)[O-]. The molecule has 0 saturated carbocycles. The summed E-state index contributed by atoms with van der Waals surface area (Å²) in [6, 6.07) is 18.7. The Kier molecular flexibility index (Phi) is 5.98. The molecule has 0 aromatic heterocycles. The van der Waals surface area contributed by atoms with Gasteiger partial charge in [-0.15, -0.1) is 0 Å². The lowest BCUT2D eigenvalue weighted by Gasteiger charge is -2.45. The summed E-state index contributed by atoms with van der Waals surface area (Å²) in [5, 5.41) is 13.6. The van der Waals surface area contributed by atoms with Gasteiger partial charge in [-0.25, -0.2) is 4.79 Å². The van der Waals surface area contributed by atoms with Crippen molar-refractivity contribution in [3.8, 4) is 0 Å². The number of ether oxygens (including phenoxy) is 1. The van der Waals surface area contributed by atoms with Crippen molar-refractivity contribution in [3.63, 3.8) is 0 Å². The molecule has 1 aliphatic heterocycles. The lowest BCUT2D eigenvalue weighted by Crippen LogP contribution is -2.45. The molecule has 0 radical (unpaired) electrons. The highest BCUT2D eigenvalue weighted by Crippen LogP contribution is 2.61. The van der Waals surface area contributed by atoms with Gasteiger partial charge in [0.1, 0.15) is 6.04 Å². The molecule has 1 fully saturated rings. The zero-order valence-corrected chi connectivity index (χ0v) is 21.7. The minimum atomic E-state index is -1.23. The standard InChI is InChI=1S/C30H25N3O7/c1-15-11-12-17(13-22(15)33(38)39)31-23(34)14-40-30(37)16(2)32-28(35)26-24-18-7-3-4-8-19(18)25(27(26)29(32)36)21-10-6-5-9-20(21)24/h3-13,16,24-27H,14H2,1-2H3,(H,31,34)/t16-,24?,25?,26-,27+/m1/s1. The zero-order valence-electron chi connectivity index (χ0n) is 21.7. The minimum Gasteiger partial charge on any atom is -0.454 e. The van der Waals surface area contributed by atoms with Crippen molar-refractivity contribution in [2.24, 2.45) is 11.8 Å². The van der Waals surface area contributed by atoms with Gasteiger partial charge in [0.25, 0.3) is 11.6 Å². The van der Waals surface area contributed by atoms with Crippen LogP contribution in [0.5, 0.6) is 0 Å². The number of anilines is 1. The Bertz CT molecular complexity index is 1500. The third-order valence-electron chi connectivity index (χ3n) is 8.25. The number of nitrogens with zero attached hydrogens (tertiary/aromatic N) is 2. The fourth-order valence-electron chi connectivity index (χ4n) is 6.53. The van der Waals surface area contributed by atoms with E-state index in [4.69, 9.17) is 4.74 Å². The maximum Gasteiger partial charge on any atom is 0.329 e. The van der Waals surface area contributed by atoms with Gasteiger partial charge in [0, 0.05) is 29.2 Å². The number of hydrogen-bond acceptors (Lipinski definition) is 7. The number of carbonyl (C=O) groups is 4. The fourth-order valence-corrected chi connectivity index (χ4v) is 6.53. The zero-order chi connectivity index (χ0) is 28.3. The molecule has 0 spiro atoms. The van der Waals surface area contributed by atoms with Gasteiger partial charge >= 0.3 is 5.97 Å². The second kappa shape index (κ2) is 9.41. The maximum atomic E-state index is 13.8. The molecule has 3 aliphatic carbocycles. The number of imide groups is 1. The molecule has 1 N–H and O–H groups in total. The van der Waals surface area contributed by atoms with E-state index in [2.05, 4.69) is 5.32 Å². The van der Waals surface area contributed by atoms with Crippen molar-refractivity contribution in [1.29, 1.82) is 0 Å². The molecule has 1 heterocycles. The summed E-state index contributed by atoms with van der Waals surface area (Å²) in [5.41, 5.74) is 4.56. The smallest absolute Gasteiger partial charge is 0.329 e. The van der Waals surface area contributed by atoms with Gasteiger partial charge in [-0.05, 0) is 42.2 Å². The summed E-state index contributed by atoms with van der Waals surface area (Å²) in [5.74, 6) is -4.29. The highest BCUT2D eigenvalue weighted by molar-refractivity contribution is 6.10. The lowest BCUT2D eigenvalue weighted by molar-refractivity contribution is -0.385. The molecule has 10 heteroatoms. The normalized spacial score (nSPS) is 22.7. The molecule has 3 atom stereocenters. The van der Waals surface area contributed by atoms with Crippen molar-refractivity contribution in [2.45, 2.75) is 31.7 Å². The van der Waals surface area contributed by atoms with E-state index in [-0.39, 0.29) is 23.2 Å². The predicted molar refractivity (Wildman–Crippen MR) is 142 cm³/mol. The largest absolute Gasteiger partial charge is 0.454 e. The topological polar surface area (TPSA) is 136 Å². The quantitative estimate of drug-likeness (QED) is 0.218. The van der Waals surface area contributed by atoms with Gasteiger partial charge < -0.3 is 10.1 Å². The van der Waals surface area contributed by atoms with Crippen LogP contribution in [0.15, 0.2) is 66.7 Å². The van der Waals surface area contributed by atoms with Crippen LogP contribution in [0.3, 0.4) is 0 Å². The van der Waals surface area contributed by atoms with Crippen molar-refractivity contribution in [3.05, 3.63) is 105 Å². The van der Waals surface area contributed by atoms with Gasteiger partial charge in [-0.2, -0.15) is 0 Å². The van der Waals surface area contributed by atoms with Crippen molar-refractivity contribution >= 4 is 35.1 Å². The molecule has 3 aromatic carbocycles. The second-order valence-electron chi connectivity index (χ2n) is 10.4. The number of benzene rings is 3. The molecule has 3 amide bonds. The summed E-state index contributed by atoms with van der Waals surface area (Å²) in [4.78, 5) is 64.5. The number of esters is 1. The van der Waals surface area contributed by atoms with Crippen LogP contribution in [0.1, 0.15) is 46.6 Å². The van der Waals surface area contributed by atoms with Gasteiger partial charge in [-0.3, -0.25) is 29.4 Å². The van der Waals surface area contributed by atoms with Gasteiger partial charge in [0.15, 0.2) is 6.61 Å². The van der Waals surface area contributed by atoms with Crippen molar-refractivity contribution in [2.75, 3.05) is 11.9 Å². The molecule has 7 rings (SSSR count). The number of rotatable bonds is 6. The first kappa shape index (κ1) is 25.4. The van der Waals surface area contributed by atoms with Crippen LogP contribution < -0.4 is 5.32 Å². The number of nitro benzene ring substituents is 1. The molecule has 40 heavy (non-hydrogen) atoms. The van der Waals surface area contributed by atoms with E-state index in [9.17, 15) is 29.3 Å². The Morgan fingerprint density at radius 3 is 1.90 bits per heavy atom. The first-order valence-electron chi connectivity index (χ1n) is 12.9.